The number of methoxy groups -OCH3 is 1. The molecule has 3 heterocycles. The molecule has 0 spiro atoms. The van der Waals surface area contributed by atoms with E-state index < -0.39 is 0 Å². The fraction of sp³-hybridized carbons (Fsp3) is 0.400. The Labute approximate surface area is 194 Å². The van der Waals surface area contributed by atoms with Crippen molar-refractivity contribution in [3.05, 3.63) is 65.6 Å². The summed E-state index contributed by atoms with van der Waals surface area (Å²) in [5, 5.41) is 0. The van der Waals surface area contributed by atoms with Crippen molar-refractivity contribution >= 4 is 5.95 Å². The SMILES string of the molecule is COCc1cc(CN2CCO[C@H](c3cccc(-c4cnc(N)nc4)n3)C2)ccc1OC(C)C. The first kappa shape index (κ1) is 23.1. The minimum absolute atomic E-state index is 0.101. The van der Waals surface area contributed by atoms with Gasteiger partial charge in [0, 0.05) is 50.3 Å². The van der Waals surface area contributed by atoms with Gasteiger partial charge in [-0.1, -0.05) is 12.1 Å². The summed E-state index contributed by atoms with van der Waals surface area (Å²) in [5.74, 6) is 1.13. The number of hydrogen-bond acceptors (Lipinski definition) is 8. The van der Waals surface area contributed by atoms with Gasteiger partial charge in [0.05, 0.1) is 30.7 Å². The van der Waals surface area contributed by atoms with Crippen LogP contribution in [0.25, 0.3) is 11.3 Å². The van der Waals surface area contributed by atoms with Crippen LogP contribution < -0.4 is 10.5 Å². The van der Waals surface area contributed by atoms with Gasteiger partial charge in [0.2, 0.25) is 5.95 Å². The first-order valence-corrected chi connectivity index (χ1v) is 11.2. The quantitative estimate of drug-likeness (QED) is 0.557. The number of anilines is 1. The molecule has 33 heavy (non-hydrogen) atoms. The van der Waals surface area contributed by atoms with Gasteiger partial charge in [0.1, 0.15) is 11.9 Å². The molecule has 0 bridgehead atoms. The molecule has 1 fully saturated rings. The van der Waals surface area contributed by atoms with E-state index in [9.17, 15) is 0 Å². The van der Waals surface area contributed by atoms with Crippen molar-refractivity contribution < 1.29 is 14.2 Å². The third-order valence-corrected chi connectivity index (χ3v) is 5.41. The second-order valence-corrected chi connectivity index (χ2v) is 8.41. The number of aromatic nitrogens is 3. The molecule has 4 rings (SSSR count). The maximum Gasteiger partial charge on any atom is 0.219 e. The monoisotopic (exact) mass is 449 g/mol. The summed E-state index contributed by atoms with van der Waals surface area (Å²) >= 11 is 0. The van der Waals surface area contributed by atoms with Gasteiger partial charge in [-0.2, -0.15) is 0 Å². The lowest BCUT2D eigenvalue weighted by molar-refractivity contribution is -0.0349. The van der Waals surface area contributed by atoms with Gasteiger partial charge in [-0.3, -0.25) is 4.90 Å². The van der Waals surface area contributed by atoms with Crippen molar-refractivity contribution in [1.82, 2.24) is 19.9 Å². The van der Waals surface area contributed by atoms with Crippen LogP contribution in [0.2, 0.25) is 0 Å². The van der Waals surface area contributed by atoms with E-state index in [4.69, 9.17) is 24.9 Å². The highest BCUT2D eigenvalue weighted by Crippen LogP contribution is 2.27. The molecular weight excluding hydrogens is 418 g/mol. The molecule has 0 amide bonds. The first-order valence-electron chi connectivity index (χ1n) is 11.2. The maximum absolute atomic E-state index is 6.07. The van der Waals surface area contributed by atoms with Gasteiger partial charge in [-0.05, 0) is 43.7 Å². The van der Waals surface area contributed by atoms with Crippen LogP contribution in [0.4, 0.5) is 5.95 Å². The highest BCUT2D eigenvalue weighted by molar-refractivity contribution is 5.57. The number of ether oxygens (including phenoxy) is 3. The Hall–Kier alpha value is -3.07. The number of benzene rings is 1. The average Bonchev–Trinajstić information content (AvgIpc) is 2.81. The smallest absolute Gasteiger partial charge is 0.219 e. The Morgan fingerprint density at radius 1 is 1.18 bits per heavy atom. The maximum atomic E-state index is 6.07. The molecule has 0 aliphatic carbocycles. The van der Waals surface area contributed by atoms with Crippen molar-refractivity contribution in [1.29, 1.82) is 0 Å². The van der Waals surface area contributed by atoms with Gasteiger partial charge in [0.25, 0.3) is 0 Å². The first-order chi connectivity index (χ1) is 16.0. The van der Waals surface area contributed by atoms with E-state index in [2.05, 4.69) is 27.0 Å². The number of hydrogen-bond donors (Lipinski definition) is 1. The van der Waals surface area contributed by atoms with Crippen LogP contribution in [0.15, 0.2) is 48.8 Å². The largest absolute Gasteiger partial charge is 0.491 e. The standard InChI is InChI=1S/C25H31N5O3/c1-17(2)33-23-8-7-18(11-19(23)16-31-3)14-30-9-10-32-24(15-30)22-6-4-5-21(29-22)20-12-27-25(26)28-13-20/h4-8,11-13,17,24H,9-10,14-16H2,1-3H3,(H2,26,27,28)/t24-/m0/s1. The molecule has 8 nitrogen and oxygen atoms in total. The van der Waals surface area contributed by atoms with E-state index in [0.717, 1.165) is 47.9 Å². The molecule has 0 saturated carbocycles. The minimum Gasteiger partial charge on any atom is -0.491 e. The van der Waals surface area contributed by atoms with E-state index in [1.165, 1.54) is 5.56 Å². The van der Waals surface area contributed by atoms with E-state index in [1.54, 1.807) is 19.5 Å². The number of nitrogen functional groups attached to an aromatic ring is 1. The summed E-state index contributed by atoms with van der Waals surface area (Å²) in [6.45, 7) is 7.69. The lowest BCUT2D eigenvalue weighted by Gasteiger charge is -2.33. The molecule has 0 radical (unpaired) electrons. The predicted molar refractivity (Wildman–Crippen MR) is 127 cm³/mol. The van der Waals surface area contributed by atoms with Gasteiger partial charge >= 0.3 is 0 Å². The number of nitrogens with zero attached hydrogens (tertiary/aromatic N) is 4. The molecule has 0 unspecified atom stereocenters. The molecule has 1 aliphatic heterocycles. The number of nitrogens with two attached hydrogens (primary N) is 1. The normalized spacial score (nSPS) is 16.8. The summed E-state index contributed by atoms with van der Waals surface area (Å²) in [6, 6.07) is 12.3. The van der Waals surface area contributed by atoms with Crippen LogP contribution in [-0.2, 0) is 22.6 Å². The van der Waals surface area contributed by atoms with Crippen molar-refractivity contribution in [2.45, 2.75) is 39.2 Å². The second-order valence-electron chi connectivity index (χ2n) is 8.41. The van der Waals surface area contributed by atoms with Crippen molar-refractivity contribution in [3.8, 4) is 17.0 Å². The van der Waals surface area contributed by atoms with E-state index >= 15 is 0 Å². The number of morpholine rings is 1. The summed E-state index contributed by atoms with van der Waals surface area (Å²) in [5.41, 5.74) is 10.4. The van der Waals surface area contributed by atoms with Crippen LogP contribution in [0.1, 0.15) is 36.8 Å². The van der Waals surface area contributed by atoms with Crippen LogP contribution in [-0.4, -0.2) is 52.8 Å². The van der Waals surface area contributed by atoms with E-state index in [-0.39, 0.29) is 18.2 Å². The zero-order valence-electron chi connectivity index (χ0n) is 19.4. The third-order valence-electron chi connectivity index (χ3n) is 5.41. The van der Waals surface area contributed by atoms with Crippen LogP contribution in [0.3, 0.4) is 0 Å². The van der Waals surface area contributed by atoms with Crippen molar-refractivity contribution in [3.63, 3.8) is 0 Å². The number of pyridine rings is 1. The molecule has 2 N–H and O–H groups in total. The van der Waals surface area contributed by atoms with Gasteiger partial charge < -0.3 is 19.9 Å². The Kier molecular flexibility index (Phi) is 7.49. The zero-order chi connectivity index (χ0) is 23.2. The molecule has 1 saturated heterocycles. The minimum atomic E-state index is -0.101. The van der Waals surface area contributed by atoms with Gasteiger partial charge in [-0.25, -0.2) is 15.0 Å². The zero-order valence-corrected chi connectivity index (χ0v) is 19.4. The molecule has 8 heteroatoms. The summed E-state index contributed by atoms with van der Waals surface area (Å²) in [4.78, 5) is 15.3. The number of rotatable bonds is 8. The fourth-order valence-corrected chi connectivity index (χ4v) is 3.91. The lowest BCUT2D eigenvalue weighted by Crippen LogP contribution is -2.38. The van der Waals surface area contributed by atoms with E-state index in [1.807, 2.05) is 38.1 Å². The summed E-state index contributed by atoms with van der Waals surface area (Å²) in [6.07, 6.45) is 3.39. The van der Waals surface area contributed by atoms with Crippen LogP contribution in [0.5, 0.6) is 5.75 Å². The summed E-state index contributed by atoms with van der Waals surface area (Å²) in [7, 11) is 1.70. The average molecular weight is 450 g/mol. The Balaban J connectivity index is 1.46. The lowest BCUT2D eigenvalue weighted by atomic mass is 10.1. The Morgan fingerprint density at radius 2 is 2.00 bits per heavy atom. The summed E-state index contributed by atoms with van der Waals surface area (Å²) < 4.78 is 17.4. The Morgan fingerprint density at radius 3 is 2.76 bits per heavy atom. The van der Waals surface area contributed by atoms with Gasteiger partial charge in [0.15, 0.2) is 0 Å². The molecule has 174 valence electrons. The third kappa shape index (κ3) is 6.04. The highest BCUT2D eigenvalue weighted by atomic mass is 16.5. The molecular formula is C25H31N5O3. The fourth-order valence-electron chi connectivity index (χ4n) is 3.91. The molecule has 1 aromatic carbocycles. The molecule has 1 atom stereocenters. The molecule has 1 aliphatic rings. The topological polar surface area (TPSA) is 95.6 Å². The van der Waals surface area contributed by atoms with E-state index in [0.29, 0.717) is 13.2 Å². The molecule has 2 aromatic heterocycles. The predicted octanol–water partition coefficient (Wildman–Crippen LogP) is 3.63. The second kappa shape index (κ2) is 10.7. The van der Waals surface area contributed by atoms with Gasteiger partial charge in [-0.15, -0.1) is 0 Å². The van der Waals surface area contributed by atoms with Crippen molar-refractivity contribution in [2.24, 2.45) is 0 Å². The van der Waals surface area contributed by atoms with Crippen molar-refractivity contribution in [2.75, 3.05) is 32.5 Å². The highest BCUT2D eigenvalue weighted by Gasteiger charge is 2.24. The molecule has 3 aromatic rings. The van der Waals surface area contributed by atoms with Crippen LogP contribution in [0, 0.1) is 0 Å². The van der Waals surface area contributed by atoms with Crippen LogP contribution >= 0.6 is 0 Å². The Bertz CT molecular complexity index is 1060.